The van der Waals surface area contributed by atoms with Crippen molar-refractivity contribution in [2.45, 2.75) is 27.7 Å². The first-order valence-corrected chi connectivity index (χ1v) is 9.44. The molecule has 140 valence electrons. The van der Waals surface area contributed by atoms with Crippen LogP contribution in [0, 0.1) is 18.3 Å². The average molecular weight is 383 g/mol. The van der Waals surface area contributed by atoms with E-state index in [0.29, 0.717) is 22.1 Å². The summed E-state index contributed by atoms with van der Waals surface area (Å²) in [6.45, 7) is 8.00. The van der Waals surface area contributed by atoms with E-state index in [-0.39, 0.29) is 16.8 Å². The molecule has 27 heavy (non-hydrogen) atoms. The fraction of sp³-hybridized carbons (Fsp3) is 0.286. The Morgan fingerprint density at radius 1 is 1.15 bits per heavy atom. The minimum atomic E-state index is -0.982. The van der Waals surface area contributed by atoms with Gasteiger partial charge >= 0.3 is 5.97 Å². The molecular formula is C21H21NO4S. The van der Waals surface area contributed by atoms with Crippen LogP contribution in [0.5, 0.6) is 0 Å². The number of hydrogen-bond donors (Lipinski definition) is 1. The van der Waals surface area contributed by atoms with Gasteiger partial charge in [0.1, 0.15) is 5.76 Å². The molecule has 2 heterocycles. The third-order valence-electron chi connectivity index (χ3n) is 4.47. The number of Topliss-reactive ketones (excluding diaryl/α,β-unsaturated/α-hetero) is 1. The topological polar surface area (TPSA) is 79.9 Å². The molecule has 0 amide bonds. The van der Waals surface area contributed by atoms with Crippen molar-refractivity contribution < 1.29 is 19.1 Å². The molecule has 0 saturated carbocycles. The number of benzene rings is 1. The predicted octanol–water partition coefficient (Wildman–Crippen LogP) is 5.49. The van der Waals surface area contributed by atoms with Gasteiger partial charge in [0.2, 0.25) is 0 Å². The fourth-order valence-electron chi connectivity index (χ4n) is 2.95. The number of aliphatic imine (C=N–C) groups is 1. The minimum Gasteiger partial charge on any atom is -0.478 e. The van der Waals surface area contributed by atoms with Gasteiger partial charge in [0.25, 0.3) is 0 Å². The van der Waals surface area contributed by atoms with Gasteiger partial charge in [-0.15, -0.1) is 0 Å². The summed E-state index contributed by atoms with van der Waals surface area (Å²) in [4.78, 5) is 28.9. The van der Waals surface area contributed by atoms with Crippen molar-refractivity contribution in [2.24, 2.45) is 16.3 Å². The van der Waals surface area contributed by atoms with E-state index in [1.807, 2.05) is 5.41 Å². The van der Waals surface area contributed by atoms with Crippen molar-refractivity contribution >= 4 is 34.2 Å². The molecule has 0 aliphatic carbocycles. The van der Waals surface area contributed by atoms with Crippen molar-refractivity contribution in [3.05, 3.63) is 64.5 Å². The molecule has 0 spiro atoms. The first kappa shape index (κ1) is 19.2. The molecule has 2 aromatic rings. The summed E-state index contributed by atoms with van der Waals surface area (Å²) >= 11 is 1.44. The van der Waals surface area contributed by atoms with E-state index < -0.39 is 11.9 Å². The van der Waals surface area contributed by atoms with Crippen molar-refractivity contribution in [2.75, 3.05) is 0 Å². The number of carbonyl (C=O) groups is 2. The van der Waals surface area contributed by atoms with Crippen LogP contribution in [0.15, 0.2) is 57.0 Å². The Morgan fingerprint density at radius 2 is 1.81 bits per heavy atom. The Hall–Kier alpha value is -2.60. The molecule has 1 aliphatic rings. The number of ketones is 1. The highest BCUT2D eigenvalue weighted by Crippen LogP contribution is 2.44. The van der Waals surface area contributed by atoms with Gasteiger partial charge in [-0.1, -0.05) is 32.5 Å². The van der Waals surface area contributed by atoms with E-state index in [0.717, 1.165) is 5.57 Å². The van der Waals surface area contributed by atoms with Gasteiger partial charge < -0.3 is 9.52 Å². The maximum absolute atomic E-state index is 13.3. The maximum Gasteiger partial charge on any atom is 0.335 e. The van der Waals surface area contributed by atoms with Crippen molar-refractivity contribution in [1.29, 1.82) is 0 Å². The summed E-state index contributed by atoms with van der Waals surface area (Å²) in [7, 11) is 0. The van der Waals surface area contributed by atoms with Crippen LogP contribution >= 0.6 is 11.8 Å². The number of allylic oxidation sites excluding steroid dienone is 1. The zero-order valence-electron chi connectivity index (χ0n) is 15.6. The van der Waals surface area contributed by atoms with E-state index in [9.17, 15) is 9.59 Å². The largest absolute Gasteiger partial charge is 0.478 e. The van der Waals surface area contributed by atoms with E-state index >= 15 is 0 Å². The highest BCUT2D eigenvalue weighted by Gasteiger charge is 2.39. The van der Waals surface area contributed by atoms with Crippen LogP contribution in [0.2, 0.25) is 0 Å². The molecule has 0 bridgehead atoms. The van der Waals surface area contributed by atoms with Gasteiger partial charge in [0, 0.05) is 0 Å². The van der Waals surface area contributed by atoms with Crippen molar-refractivity contribution in [3.63, 3.8) is 0 Å². The summed E-state index contributed by atoms with van der Waals surface area (Å²) in [5, 5.41) is 11.7. The normalized spacial score (nSPS) is 18.6. The first-order valence-electron chi connectivity index (χ1n) is 8.56. The van der Waals surface area contributed by atoms with Crippen LogP contribution in [-0.2, 0) is 0 Å². The van der Waals surface area contributed by atoms with Gasteiger partial charge in [-0.25, -0.2) is 9.79 Å². The van der Waals surface area contributed by atoms with Crippen LogP contribution < -0.4 is 0 Å². The molecule has 1 aliphatic heterocycles. The van der Waals surface area contributed by atoms with Crippen LogP contribution in [0.1, 0.15) is 47.2 Å². The molecule has 1 aromatic heterocycles. The van der Waals surface area contributed by atoms with Gasteiger partial charge in [0.05, 0.1) is 34.0 Å². The SMILES string of the molecule is Cc1occc1C(=O)[C@H]1C(C(C)(C)C)=CSC1=Nc1ccc(C(=O)O)cc1. The smallest absolute Gasteiger partial charge is 0.335 e. The van der Waals surface area contributed by atoms with E-state index in [1.165, 1.54) is 30.2 Å². The number of nitrogens with zero attached hydrogens (tertiary/aromatic N) is 1. The Labute approximate surface area is 162 Å². The van der Waals surface area contributed by atoms with E-state index in [1.54, 1.807) is 25.1 Å². The summed E-state index contributed by atoms with van der Waals surface area (Å²) in [5.74, 6) is -0.890. The Balaban J connectivity index is 2.00. The van der Waals surface area contributed by atoms with E-state index in [4.69, 9.17) is 9.52 Å². The minimum absolute atomic E-state index is 0.0340. The molecule has 3 rings (SSSR count). The second-order valence-electron chi connectivity index (χ2n) is 7.43. The molecular weight excluding hydrogens is 362 g/mol. The predicted molar refractivity (Wildman–Crippen MR) is 107 cm³/mol. The number of carbonyl (C=O) groups excluding carboxylic acids is 1. The quantitative estimate of drug-likeness (QED) is 0.706. The molecule has 0 saturated heterocycles. The average Bonchev–Trinajstić information content (AvgIpc) is 3.21. The number of carboxylic acid groups (broad SMARTS) is 1. The fourth-order valence-corrected chi connectivity index (χ4v) is 4.21. The standard InChI is InChI=1S/C21H21NO4S/c1-12-15(9-10-26-12)18(23)17-16(21(2,3)4)11-27-19(17)22-14-7-5-13(6-8-14)20(24)25/h5-11,17H,1-4H3,(H,24,25)/t17-/m1/s1. The number of aryl methyl sites for hydroxylation is 1. The Kier molecular flexibility index (Phi) is 5.11. The molecule has 1 N–H and O–H groups in total. The van der Waals surface area contributed by atoms with Gasteiger partial charge in [-0.05, 0) is 53.7 Å². The molecule has 1 atom stereocenters. The summed E-state index contributed by atoms with van der Waals surface area (Å²) in [6.07, 6.45) is 1.52. The maximum atomic E-state index is 13.3. The monoisotopic (exact) mass is 383 g/mol. The van der Waals surface area contributed by atoms with Crippen LogP contribution in [0.25, 0.3) is 0 Å². The molecule has 0 fully saturated rings. The summed E-state index contributed by atoms with van der Waals surface area (Å²) < 4.78 is 5.31. The highest BCUT2D eigenvalue weighted by molar-refractivity contribution is 8.17. The Bertz CT molecular complexity index is 945. The highest BCUT2D eigenvalue weighted by atomic mass is 32.2. The van der Waals surface area contributed by atoms with Crippen LogP contribution in [0.4, 0.5) is 5.69 Å². The van der Waals surface area contributed by atoms with Crippen molar-refractivity contribution in [3.8, 4) is 0 Å². The van der Waals surface area contributed by atoms with Crippen LogP contribution in [0.3, 0.4) is 0 Å². The second kappa shape index (κ2) is 7.19. The number of furan rings is 1. The lowest BCUT2D eigenvalue weighted by molar-refractivity contribution is 0.0696. The summed E-state index contributed by atoms with van der Waals surface area (Å²) in [6, 6.07) is 8.01. The van der Waals surface area contributed by atoms with Gasteiger partial charge in [0.15, 0.2) is 5.78 Å². The lowest BCUT2D eigenvalue weighted by Crippen LogP contribution is -2.27. The first-order chi connectivity index (χ1) is 12.7. The molecule has 6 heteroatoms. The van der Waals surface area contributed by atoms with Crippen LogP contribution in [-0.4, -0.2) is 21.9 Å². The molecule has 1 aromatic carbocycles. The number of carboxylic acids is 1. The number of rotatable bonds is 4. The number of aromatic carboxylic acids is 1. The lowest BCUT2D eigenvalue weighted by Gasteiger charge is -2.25. The number of hydrogen-bond acceptors (Lipinski definition) is 5. The number of thioether (sulfide) groups is 1. The molecule has 0 radical (unpaired) electrons. The van der Waals surface area contributed by atoms with Gasteiger partial charge in [-0.2, -0.15) is 0 Å². The lowest BCUT2D eigenvalue weighted by atomic mass is 9.77. The third kappa shape index (κ3) is 3.90. The molecule has 0 unspecified atom stereocenters. The van der Waals surface area contributed by atoms with E-state index in [2.05, 4.69) is 25.8 Å². The zero-order chi connectivity index (χ0) is 19.8. The molecule has 5 nitrogen and oxygen atoms in total. The third-order valence-corrected chi connectivity index (χ3v) is 5.41. The summed E-state index contributed by atoms with van der Waals surface area (Å²) in [5.41, 5.74) is 2.21. The van der Waals surface area contributed by atoms with Crippen molar-refractivity contribution in [1.82, 2.24) is 0 Å². The Morgan fingerprint density at radius 3 is 2.33 bits per heavy atom. The van der Waals surface area contributed by atoms with Gasteiger partial charge in [-0.3, -0.25) is 4.79 Å². The zero-order valence-corrected chi connectivity index (χ0v) is 16.5. The second-order valence-corrected chi connectivity index (χ2v) is 8.32.